The first-order valence-electron chi connectivity index (χ1n) is 8.73. The molecule has 3 rings (SSSR count). The van der Waals surface area contributed by atoms with E-state index in [1.807, 2.05) is 36.4 Å². The summed E-state index contributed by atoms with van der Waals surface area (Å²) >= 11 is 3.47. The van der Waals surface area contributed by atoms with Gasteiger partial charge >= 0.3 is 0 Å². The summed E-state index contributed by atoms with van der Waals surface area (Å²) in [5, 5.41) is 3.00. The van der Waals surface area contributed by atoms with Gasteiger partial charge in [0.1, 0.15) is 17.5 Å². The minimum atomic E-state index is 0.0197. The van der Waals surface area contributed by atoms with Gasteiger partial charge in [0.25, 0.3) is 5.91 Å². The van der Waals surface area contributed by atoms with Crippen molar-refractivity contribution in [3.8, 4) is 11.5 Å². The van der Waals surface area contributed by atoms with Crippen molar-refractivity contribution in [1.29, 1.82) is 0 Å². The average Bonchev–Trinajstić information content (AvgIpc) is 3.10. The first-order valence-corrected chi connectivity index (χ1v) is 9.52. The van der Waals surface area contributed by atoms with Crippen LogP contribution in [0.2, 0.25) is 0 Å². The molecule has 1 aliphatic rings. The summed E-state index contributed by atoms with van der Waals surface area (Å²) in [4.78, 5) is 13.8. The Morgan fingerprint density at radius 2 is 2.04 bits per heavy atom. The molecule has 1 heterocycles. The topological polar surface area (TPSA) is 52.0 Å². The second kappa shape index (κ2) is 8.56. The number of benzene rings is 2. The third kappa shape index (κ3) is 4.19. The number of hydrogen-bond acceptors (Lipinski definition) is 3. The van der Waals surface area contributed by atoms with Crippen LogP contribution in [0.4, 0.5) is 5.69 Å². The fourth-order valence-electron chi connectivity index (χ4n) is 3.57. The largest absolute Gasteiger partial charge is 0.497 e. The maximum atomic E-state index is 12.5. The second-order valence-corrected chi connectivity index (χ2v) is 7.27. The van der Waals surface area contributed by atoms with Gasteiger partial charge in [-0.2, -0.15) is 0 Å². The van der Waals surface area contributed by atoms with E-state index >= 15 is 0 Å². The average molecular weight is 420 g/mol. The first-order chi connectivity index (χ1) is 12.6. The molecule has 6 heteroatoms. The monoisotopic (exact) mass is 419 g/mol. The van der Waals surface area contributed by atoms with Crippen LogP contribution < -0.4 is 19.7 Å². The summed E-state index contributed by atoms with van der Waals surface area (Å²) in [6.45, 7) is 1.41. The lowest BCUT2D eigenvalue weighted by atomic mass is 10.0. The quantitative estimate of drug-likeness (QED) is 0.756. The van der Waals surface area contributed by atoms with E-state index in [-0.39, 0.29) is 11.9 Å². The molecule has 138 valence electrons. The lowest BCUT2D eigenvalue weighted by Gasteiger charge is -2.23. The minimum absolute atomic E-state index is 0.0197. The van der Waals surface area contributed by atoms with Gasteiger partial charge in [0.05, 0.1) is 32.0 Å². The molecule has 1 saturated heterocycles. The van der Waals surface area contributed by atoms with Crippen molar-refractivity contribution in [3.63, 3.8) is 0 Å². The maximum Gasteiger partial charge on any atom is 0.279 e. The van der Waals surface area contributed by atoms with Crippen LogP contribution >= 0.6 is 15.9 Å². The molecule has 2 aromatic carbocycles. The van der Waals surface area contributed by atoms with Crippen molar-refractivity contribution in [2.45, 2.75) is 18.9 Å². The van der Waals surface area contributed by atoms with Gasteiger partial charge < -0.3 is 19.7 Å². The molecule has 2 atom stereocenters. The molecule has 1 fully saturated rings. The van der Waals surface area contributed by atoms with Crippen molar-refractivity contribution in [3.05, 3.63) is 52.5 Å². The summed E-state index contributed by atoms with van der Waals surface area (Å²) in [5.74, 6) is 1.61. The first kappa shape index (κ1) is 18.7. The zero-order valence-corrected chi connectivity index (χ0v) is 16.6. The Bertz CT molecular complexity index is 781. The van der Waals surface area contributed by atoms with Gasteiger partial charge in [0.15, 0.2) is 6.54 Å². The van der Waals surface area contributed by atoms with E-state index in [0.717, 1.165) is 46.6 Å². The minimum Gasteiger partial charge on any atom is -0.497 e. The third-order valence-corrected chi connectivity index (χ3v) is 5.53. The molecule has 0 aromatic heterocycles. The molecular weight excluding hydrogens is 396 g/mol. The van der Waals surface area contributed by atoms with E-state index in [9.17, 15) is 4.79 Å². The van der Waals surface area contributed by atoms with Crippen LogP contribution in [-0.4, -0.2) is 33.2 Å². The van der Waals surface area contributed by atoms with Crippen LogP contribution in [0.25, 0.3) is 0 Å². The number of carbonyl (C=O) groups is 1. The lowest BCUT2D eigenvalue weighted by molar-refractivity contribution is -0.910. The number of anilines is 1. The highest BCUT2D eigenvalue weighted by Crippen LogP contribution is 2.31. The second-order valence-electron chi connectivity index (χ2n) is 6.42. The number of amides is 1. The fraction of sp³-hybridized carbons (Fsp3) is 0.350. The number of para-hydroxylation sites is 1. The number of ether oxygens (including phenoxy) is 2. The van der Waals surface area contributed by atoms with Crippen LogP contribution in [0.3, 0.4) is 0 Å². The van der Waals surface area contributed by atoms with E-state index in [4.69, 9.17) is 9.47 Å². The molecule has 5 nitrogen and oxygen atoms in total. The van der Waals surface area contributed by atoms with Gasteiger partial charge in [-0.25, -0.2) is 0 Å². The van der Waals surface area contributed by atoms with Gasteiger partial charge in [-0.05, 0) is 40.2 Å². The number of nitrogens with one attached hydrogen (secondary N) is 2. The van der Waals surface area contributed by atoms with Crippen LogP contribution in [0.1, 0.15) is 24.4 Å². The SMILES string of the molecule is COc1ccc([C@@H]2CCC[NH+]2CC(=O)Nc2ccccc2Br)c(OC)c1. The third-order valence-electron chi connectivity index (χ3n) is 4.84. The fourth-order valence-corrected chi connectivity index (χ4v) is 3.95. The van der Waals surface area contributed by atoms with Crippen molar-refractivity contribution < 1.29 is 19.2 Å². The Labute approximate surface area is 162 Å². The van der Waals surface area contributed by atoms with E-state index in [1.54, 1.807) is 14.2 Å². The predicted octanol–water partition coefficient (Wildman–Crippen LogP) is 2.82. The number of rotatable bonds is 6. The smallest absolute Gasteiger partial charge is 0.279 e. The van der Waals surface area contributed by atoms with Crippen molar-refractivity contribution in [2.24, 2.45) is 0 Å². The highest BCUT2D eigenvalue weighted by Gasteiger charge is 2.33. The standard InChI is InChI=1S/C20H23BrN2O3/c1-25-14-9-10-15(19(12-14)26-2)18-8-5-11-23(18)13-20(24)22-17-7-4-3-6-16(17)21/h3-4,6-7,9-10,12,18H,5,8,11,13H2,1-2H3,(H,22,24)/p+1/t18-/m0/s1. The number of methoxy groups -OCH3 is 2. The molecule has 2 aromatic rings. The van der Waals surface area contributed by atoms with Crippen molar-refractivity contribution in [2.75, 3.05) is 32.6 Å². The van der Waals surface area contributed by atoms with E-state index in [1.165, 1.54) is 4.90 Å². The molecule has 0 bridgehead atoms. The number of likely N-dealkylation sites (tertiary alicyclic amines) is 1. The Morgan fingerprint density at radius 1 is 1.23 bits per heavy atom. The molecule has 1 aliphatic heterocycles. The highest BCUT2D eigenvalue weighted by molar-refractivity contribution is 9.10. The Kier molecular flexibility index (Phi) is 6.16. The van der Waals surface area contributed by atoms with Crippen molar-refractivity contribution >= 4 is 27.5 Å². The molecule has 0 spiro atoms. The normalized spacial score (nSPS) is 19.2. The van der Waals surface area contributed by atoms with Crippen molar-refractivity contribution in [1.82, 2.24) is 0 Å². The highest BCUT2D eigenvalue weighted by atomic mass is 79.9. The van der Waals surface area contributed by atoms with Gasteiger partial charge in [-0.3, -0.25) is 4.79 Å². The molecule has 1 amide bonds. The Morgan fingerprint density at radius 3 is 2.77 bits per heavy atom. The molecule has 1 unspecified atom stereocenters. The molecule has 2 N–H and O–H groups in total. The number of carbonyl (C=O) groups excluding carboxylic acids is 1. The van der Waals surface area contributed by atoms with Gasteiger partial charge in [-0.15, -0.1) is 0 Å². The van der Waals surface area contributed by atoms with Crippen LogP contribution in [0, 0.1) is 0 Å². The zero-order valence-electron chi connectivity index (χ0n) is 15.0. The summed E-state index contributed by atoms with van der Waals surface area (Å²) in [6.07, 6.45) is 2.14. The number of hydrogen-bond donors (Lipinski definition) is 2. The van der Waals surface area contributed by atoms with Crippen LogP contribution in [0.5, 0.6) is 11.5 Å². The maximum absolute atomic E-state index is 12.5. The Balaban J connectivity index is 1.72. The molecule has 26 heavy (non-hydrogen) atoms. The van der Waals surface area contributed by atoms with Gasteiger partial charge in [0.2, 0.25) is 0 Å². The predicted molar refractivity (Wildman–Crippen MR) is 105 cm³/mol. The van der Waals surface area contributed by atoms with E-state index in [2.05, 4.69) is 27.3 Å². The molecular formula is C20H24BrN2O3+. The van der Waals surface area contributed by atoms with Gasteiger partial charge in [0, 0.05) is 23.4 Å². The summed E-state index contributed by atoms with van der Waals surface area (Å²) < 4.78 is 11.7. The molecule has 0 aliphatic carbocycles. The lowest BCUT2D eigenvalue weighted by Crippen LogP contribution is -3.11. The van der Waals surface area contributed by atoms with E-state index < -0.39 is 0 Å². The zero-order chi connectivity index (χ0) is 18.5. The number of quaternary nitrogens is 1. The van der Waals surface area contributed by atoms with Crippen LogP contribution in [0.15, 0.2) is 46.9 Å². The molecule has 0 saturated carbocycles. The van der Waals surface area contributed by atoms with Crippen LogP contribution in [-0.2, 0) is 4.79 Å². The number of halogens is 1. The summed E-state index contributed by atoms with van der Waals surface area (Å²) in [7, 11) is 3.32. The summed E-state index contributed by atoms with van der Waals surface area (Å²) in [5.41, 5.74) is 1.93. The Hall–Kier alpha value is -2.05. The summed E-state index contributed by atoms with van der Waals surface area (Å²) in [6, 6.07) is 13.8. The van der Waals surface area contributed by atoms with E-state index in [0.29, 0.717) is 6.54 Å². The molecule has 0 radical (unpaired) electrons. The van der Waals surface area contributed by atoms with Gasteiger partial charge in [-0.1, -0.05) is 12.1 Å².